The Hall–Kier alpha value is -2.46. The second kappa shape index (κ2) is 5.27. The molecule has 1 aliphatic heterocycles. The lowest BCUT2D eigenvalue weighted by atomic mass is 10.2. The number of nitrogens with zero attached hydrogens (tertiary/aromatic N) is 5. The van der Waals surface area contributed by atoms with Gasteiger partial charge in [-0.2, -0.15) is 10.2 Å². The molecule has 2 aromatic heterocycles. The molecule has 0 amide bonds. The highest BCUT2D eigenvalue weighted by atomic mass is 15.4. The van der Waals surface area contributed by atoms with Crippen molar-refractivity contribution in [1.29, 1.82) is 5.26 Å². The summed E-state index contributed by atoms with van der Waals surface area (Å²) in [5.74, 6) is 1.31. The molecular weight excluding hydrogens is 254 g/mol. The van der Waals surface area contributed by atoms with Crippen LogP contribution in [0.15, 0.2) is 18.3 Å². The Morgan fingerprint density at radius 2 is 2.35 bits per heavy atom. The summed E-state index contributed by atoms with van der Waals surface area (Å²) in [6.45, 7) is 4.85. The van der Waals surface area contributed by atoms with Crippen molar-refractivity contribution in [3.8, 4) is 17.6 Å². The van der Waals surface area contributed by atoms with E-state index in [1.165, 1.54) is 6.20 Å². The molecule has 7 nitrogen and oxygen atoms in total. The van der Waals surface area contributed by atoms with E-state index >= 15 is 0 Å². The van der Waals surface area contributed by atoms with Crippen LogP contribution in [0.4, 0.5) is 5.95 Å². The molecule has 0 spiro atoms. The number of hydrogen-bond acceptors (Lipinski definition) is 6. The lowest BCUT2D eigenvalue weighted by molar-refractivity contribution is 0.480. The van der Waals surface area contributed by atoms with Gasteiger partial charge in [-0.1, -0.05) is 0 Å². The van der Waals surface area contributed by atoms with Crippen molar-refractivity contribution in [3.05, 3.63) is 23.9 Å². The summed E-state index contributed by atoms with van der Waals surface area (Å²) in [4.78, 5) is 10.8. The molecule has 0 radical (unpaired) electrons. The molecule has 0 bridgehead atoms. The monoisotopic (exact) mass is 269 g/mol. The van der Waals surface area contributed by atoms with Crippen molar-refractivity contribution in [1.82, 2.24) is 25.5 Å². The molecule has 7 heteroatoms. The third-order valence-corrected chi connectivity index (χ3v) is 3.26. The van der Waals surface area contributed by atoms with Gasteiger partial charge in [-0.3, -0.25) is 10.1 Å². The minimum atomic E-state index is 0.429. The molecule has 0 saturated carbocycles. The Morgan fingerprint density at radius 1 is 1.45 bits per heavy atom. The summed E-state index contributed by atoms with van der Waals surface area (Å²) in [6.07, 6.45) is 1.53. The van der Waals surface area contributed by atoms with Gasteiger partial charge < -0.3 is 10.2 Å². The quantitative estimate of drug-likeness (QED) is 0.826. The van der Waals surface area contributed by atoms with Gasteiger partial charge >= 0.3 is 0 Å². The van der Waals surface area contributed by atoms with E-state index in [1.54, 1.807) is 12.1 Å². The van der Waals surface area contributed by atoms with E-state index in [9.17, 15) is 0 Å². The number of aromatic amines is 1. The van der Waals surface area contributed by atoms with Crippen LogP contribution in [0.1, 0.15) is 12.5 Å². The fraction of sp³-hybridized carbons (Fsp3) is 0.385. The van der Waals surface area contributed by atoms with Gasteiger partial charge in [-0.05, 0) is 19.1 Å². The minimum Gasteiger partial charge on any atom is -0.337 e. The predicted octanol–water partition coefficient (Wildman–Crippen LogP) is 0.536. The van der Waals surface area contributed by atoms with Crippen LogP contribution in [0.2, 0.25) is 0 Å². The fourth-order valence-corrected chi connectivity index (χ4v) is 2.22. The zero-order valence-electron chi connectivity index (χ0n) is 11.2. The molecule has 3 rings (SSSR count). The summed E-state index contributed by atoms with van der Waals surface area (Å²) in [7, 11) is 0. The average molecular weight is 269 g/mol. The van der Waals surface area contributed by atoms with Crippen LogP contribution in [-0.2, 0) is 0 Å². The van der Waals surface area contributed by atoms with E-state index in [-0.39, 0.29) is 0 Å². The summed E-state index contributed by atoms with van der Waals surface area (Å²) in [5.41, 5.74) is 1.22. The Morgan fingerprint density at radius 3 is 3.05 bits per heavy atom. The number of anilines is 1. The fourth-order valence-electron chi connectivity index (χ4n) is 2.22. The normalized spacial score (nSPS) is 18.8. The maximum atomic E-state index is 8.76. The van der Waals surface area contributed by atoms with Crippen molar-refractivity contribution in [2.24, 2.45) is 0 Å². The standard InChI is InChI=1S/C13H15N7/c1-9-8-20(5-4-15-9)13-17-12(18-19-13)11-3-2-10(6-14)7-16-11/h2-3,7,9,15H,4-5,8H2,1H3,(H,17,18,19). The van der Waals surface area contributed by atoms with E-state index < -0.39 is 0 Å². The number of H-pyrrole nitrogens is 1. The lowest BCUT2D eigenvalue weighted by Gasteiger charge is -2.30. The van der Waals surface area contributed by atoms with E-state index in [0.717, 1.165) is 19.6 Å². The van der Waals surface area contributed by atoms with Crippen LogP contribution in [0.5, 0.6) is 0 Å². The van der Waals surface area contributed by atoms with Crippen molar-refractivity contribution in [2.45, 2.75) is 13.0 Å². The van der Waals surface area contributed by atoms with Crippen LogP contribution in [0, 0.1) is 11.3 Å². The Bertz CT molecular complexity index is 625. The number of nitriles is 1. The van der Waals surface area contributed by atoms with Gasteiger partial charge in [-0.25, -0.2) is 0 Å². The molecule has 2 N–H and O–H groups in total. The maximum Gasteiger partial charge on any atom is 0.245 e. The van der Waals surface area contributed by atoms with E-state index in [4.69, 9.17) is 5.26 Å². The van der Waals surface area contributed by atoms with Crippen molar-refractivity contribution >= 4 is 5.95 Å². The van der Waals surface area contributed by atoms with Gasteiger partial charge in [0, 0.05) is 31.9 Å². The zero-order valence-corrected chi connectivity index (χ0v) is 11.2. The van der Waals surface area contributed by atoms with E-state index in [1.807, 2.05) is 6.07 Å². The number of nitrogens with one attached hydrogen (secondary N) is 2. The van der Waals surface area contributed by atoms with Gasteiger partial charge in [0.25, 0.3) is 0 Å². The van der Waals surface area contributed by atoms with Gasteiger partial charge in [0.05, 0.1) is 5.56 Å². The molecule has 1 atom stereocenters. The highest BCUT2D eigenvalue weighted by molar-refractivity contribution is 5.52. The van der Waals surface area contributed by atoms with Gasteiger partial charge in [0.1, 0.15) is 11.8 Å². The van der Waals surface area contributed by atoms with Crippen LogP contribution >= 0.6 is 0 Å². The zero-order chi connectivity index (χ0) is 13.9. The predicted molar refractivity (Wildman–Crippen MR) is 74.0 cm³/mol. The maximum absolute atomic E-state index is 8.76. The van der Waals surface area contributed by atoms with Gasteiger partial charge in [0.2, 0.25) is 5.95 Å². The molecule has 102 valence electrons. The summed E-state index contributed by atoms with van der Waals surface area (Å²) < 4.78 is 0. The first-order valence-electron chi connectivity index (χ1n) is 6.53. The topological polar surface area (TPSA) is 93.5 Å². The Balaban J connectivity index is 1.80. The average Bonchev–Trinajstić information content (AvgIpc) is 2.97. The summed E-state index contributed by atoms with van der Waals surface area (Å²) in [5, 5.41) is 19.3. The number of piperazine rings is 1. The highest BCUT2D eigenvalue weighted by Crippen LogP contribution is 2.16. The minimum absolute atomic E-state index is 0.429. The van der Waals surface area contributed by atoms with Crippen LogP contribution in [0.25, 0.3) is 11.5 Å². The SMILES string of the molecule is CC1CN(c2n[nH]c(-c3ccc(C#N)cn3)n2)CCN1. The molecule has 20 heavy (non-hydrogen) atoms. The number of hydrogen-bond donors (Lipinski definition) is 2. The second-order valence-electron chi connectivity index (χ2n) is 4.83. The number of pyridine rings is 1. The van der Waals surface area contributed by atoms with Crippen LogP contribution in [-0.4, -0.2) is 45.8 Å². The molecule has 1 fully saturated rings. The highest BCUT2D eigenvalue weighted by Gasteiger charge is 2.19. The van der Waals surface area contributed by atoms with E-state index in [2.05, 4.69) is 37.3 Å². The van der Waals surface area contributed by atoms with Gasteiger partial charge in [-0.15, -0.1) is 5.10 Å². The smallest absolute Gasteiger partial charge is 0.245 e. The number of rotatable bonds is 2. The molecule has 0 aliphatic carbocycles. The summed E-state index contributed by atoms with van der Waals surface area (Å²) in [6, 6.07) is 5.96. The number of aromatic nitrogens is 4. The van der Waals surface area contributed by atoms with Crippen LogP contribution in [0.3, 0.4) is 0 Å². The Kier molecular flexibility index (Phi) is 3.31. The Labute approximate surface area is 116 Å². The third kappa shape index (κ3) is 2.46. The van der Waals surface area contributed by atoms with Crippen molar-refractivity contribution in [3.63, 3.8) is 0 Å². The summed E-state index contributed by atoms with van der Waals surface area (Å²) >= 11 is 0. The molecule has 1 aliphatic rings. The molecule has 2 aromatic rings. The first kappa shape index (κ1) is 12.6. The first-order valence-corrected chi connectivity index (χ1v) is 6.53. The largest absolute Gasteiger partial charge is 0.337 e. The van der Waals surface area contributed by atoms with Crippen LogP contribution < -0.4 is 10.2 Å². The van der Waals surface area contributed by atoms with Crippen molar-refractivity contribution < 1.29 is 0 Å². The molecule has 0 aromatic carbocycles. The van der Waals surface area contributed by atoms with E-state index in [0.29, 0.717) is 29.1 Å². The van der Waals surface area contributed by atoms with Gasteiger partial charge in [0.15, 0.2) is 5.82 Å². The lowest BCUT2D eigenvalue weighted by Crippen LogP contribution is -2.49. The first-order chi connectivity index (χ1) is 9.76. The molecule has 1 saturated heterocycles. The molecule has 3 heterocycles. The molecule has 1 unspecified atom stereocenters. The second-order valence-corrected chi connectivity index (χ2v) is 4.83. The van der Waals surface area contributed by atoms with Crippen molar-refractivity contribution in [2.75, 3.05) is 24.5 Å². The third-order valence-electron chi connectivity index (χ3n) is 3.26. The molecular formula is C13H15N7.